The van der Waals surface area contributed by atoms with E-state index in [2.05, 4.69) is 22.7 Å². The van der Waals surface area contributed by atoms with Crippen molar-refractivity contribution in [2.45, 2.75) is 19.4 Å². The Morgan fingerprint density at radius 2 is 2.29 bits per heavy atom. The predicted octanol–water partition coefficient (Wildman–Crippen LogP) is 4.67. The molecule has 17 heavy (non-hydrogen) atoms. The molecule has 0 aliphatic heterocycles. The number of nitrogens with zero attached hydrogens (tertiary/aromatic N) is 1. The third-order valence-electron chi connectivity index (χ3n) is 2.88. The van der Waals surface area contributed by atoms with Crippen LogP contribution in [0, 0.1) is 4.77 Å². The monoisotopic (exact) mass is 286 g/mol. The van der Waals surface area contributed by atoms with E-state index in [0.717, 1.165) is 33.0 Å². The van der Waals surface area contributed by atoms with E-state index in [0.29, 0.717) is 6.04 Å². The molecule has 1 aromatic carbocycles. The lowest BCUT2D eigenvalue weighted by atomic mass is 10.2. The van der Waals surface area contributed by atoms with Crippen LogP contribution in [-0.2, 0) is 0 Å². The normalized spacial score (nSPS) is 13.1. The molecular weight excluding hydrogens is 272 g/mol. The summed E-state index contributed by atoms with van der Waals surface area (Å²) < 4.78 is 2.91. The average Bonchev–Trinajstić information content (AvgIpc) is 2.64. The predicted molar refractivity (Wildman–Crippen MR) is 79.8 cm³/mol. The lowest BCUT2D eigenvalue weighted by Gasteiger charge is -2.17. The van der Waals surface area contributed by atoms with Crippen LogP contribution in [0.1, 0.15) is 19.4 Å². The highest BCUT2D eigenvalue weighted by atomic mass is 35.5. The van der Waals surface area contributed by atoms with Crippen LogP contribution in [0.5, 0.6) is 0 Å². The van der Waals surface area contributed by atoms with Gasteiger partial charge in [-0.2, -0.15) is 11.8 Å². The number of nitrogens with one attached hydrogen (secondary N) is 1. The number of aromatic amines is 1. The Morgan fingerprint density at radius 1 is 1.53 bits per heavy atom. The number of aromatic nitrogens is 2. The van der Waals surface area contributed by atoms with Gasteiger partial charge in [-0.1, -0.05) is 24.6 Å². The van der Waals surface area contributed by atoms with Gasteiger partial charge in [0.2, 0.25) is 0 Å². The van der Waals surface area contributed by atoms with Gasteiger partial charge in [0.05, 0.1) is 16.1 Å². The second kappa shape index (κ2) is 5.46. The Kier molecular flexibility index (Phi) is 4.17. The van der Waals surface area contributed by atoms with Crippen molar-refractivity contribution in [2.24, 2.45) is 0 Å². The fourth-order valence-electron chi connectivity index (χ4n) is 2.05. The minimum Gasteiger partial charge on any atom is -0.331 e. The van der Waals surface area contributed by atoms with Crippen LogP contribution < -0.4 is 0 Å². The number of hydrogen-bond acceptors (Lipinski definition) is 2. The molecule has 0 radical (unpaired) electrons. The van der Waals surface area contributed by atoms with Gasteiger partial charge in [0.15, 0.2) is 4.77 Å². The number of fused-ring (bicyclic) bond motifs is 1. The fraction of sp³-hybridized carbons (Fsp3) is 0.417. The molecule has 92 valence electrons. The smallest absolute Gasteiger partial charge is 0.178 e. The molecule has 0 aliphatic carbocycles. The Hall–Kier alpha value is -0.450. The third kappa shape index (κ3) is 2.39. The molecule has 0 amide bonds. The first kappa shape index (κ1) is 13.0. The van der Waals surface area contributed by atoms with Gasteiger partial charge < -0.3 is 9.55 Å². The lowest BCUT2D eigenvalue weighted by molar-refractivity contribution is 0.548. The van der Waals surface area contributed by atoms with E-state index in [1.54, 1.807) is 0 Å². The molecule has 0 saturated carbocycles. The van der Waals surface area contributed by atoms with Gasteiger partial charge in [0, 0.05) is 11.8 Å². The second-order valence-corrected chi connectivity index (χ2v) is 5.66. The number of para-hydroxylation sites is 1. The molecule has 1 N–H and O–H groups in total. The highest BCUT2D eigenvalue weighted by Gasteiger charge is 2.15. The Bertz CT molecular complexity index is 573. The molecule has 2 nitrogen and oxygen atoms in total. The first-order valence-corrected chi connectivity index (χ1v) is 7.74. The Labute approximate surface area is 115 Å². The van der Waals surface area contributed by atoms with Crippen molar-refractivity contribution >= 4 is 46.6 Å². The summed E-state index contributed by atoms with van der Waals surface area (Å²) in [5.74, 6) is 1.04. The number of thioether (sulfide) groups is 1. The summed E-state index contributed by atoms with van der Waals surface area (Å²) in [6.45, 7) is 2.18. The van der Waals surface area contributed by atoms with Crippen molar-refractivity contribution in [1.82, 2.24) is 9.55 Å². The number of rotatable bonds is 4. The maximum absolute atomic E-state index is 6.28. The first-order chi connectivity index (χ1) is 8.19. The molecule has 1 heterocycles. The van der Waals surface area contributed by atoms with E-state index in [9.17, 15) is 0 Å². The molecule has 0 aliphatic rings. The molecule has 1 aromatic heterocycles. The second-order valence-electron chi connectivity index (χ2n) is 3.95. The summed E-state index contributed by atoms with van der Waals surface area (Å²) in [5, 5.41) is 0.759. The van der Waals surface area contributed by atoms with E-state index in [1.165, 1.54) is 0 Å². The van der Waals surface area contributed by atoms with Crippen LogP contribution in [0.15, 0.2) is 18.2 Å². The molecule has 2 aromatic rings. The van der Waals surface area contributed by atoms with Crippen molar-refractivity contribution < 1.29 is 0 Å². The topological polar surface area (TPSA) is 20.7 Å². The Balaban J connectivity index is 2.67. The summed E-state index contributed by atoms with van der Waals surface area (Å²) in [5.41, 5.74) is 2.04. The molecule has 5 heteroatoms. The molecule has 2 rings (SSSR count). The number of imidazole rings is 1. The minimum atomic E-state index is 0.395. The molecule has 0 spiro atoms. The van der Waals surface area contributed by atoms with Crippen LogP contribution in [0.25, 0.3) is 11.0 Å². The maximum atomic E-state index is 6.28. The SMILES string of the molecule is CCC(CSC)n1c(=S)[nH]c2cccc(Cl)c21. The zero-order valence-electron chi connectivity index (χ0n) is 9.87. The summed E-state index contributed by atoms with van der Waals surface area (Å²) >= 11 is 13.5. The lowest BCUT2D eigenvalue weighted by Crippen LogP contribution is -2.10. The van der Waals surface area contributed by atoms with Crippen LogP contribution in [0.2, 0.25) is 5.02 Å². The van der Waals surface area contributed by atoms with Crippen LogP contribution in [-0.4, -0.2) is 21.6 Å². The number of benzene rings is 1. The third-order valence-corrected chi connectivity index (χ3v) is 4.21. The van der Waals surface area contributed by atoms with Crippen LogP contribution in [0.4, 0.5) is 0 Å². The van der Waals surface area contributed by atoms with Gasteiger partial charge in [-0.25, -0.2) is 0 Å². The highest BCUT2D eigenvalue weighted by Crippen LogP contribution is 2.28. The maximum Gasteiger partial charge on any atom is 0.178 e. The van der Waals surface area contributed by atoms with Crippen molar-refractivity contribution in [1.29, 1.82) is 0 Å². The van der Waals surface area contributed by atoms with Gasteiger partial charge in [-0.05, 0) is 37.0 Å². The van der Waals surface area contributed by atoms with Crippen molar-refractivity contribution in [3.8, 4) is 0 Å². The summed E-state index contributed by atoms with van der Waals surface area (Å²) in [4.78, 5) is 3.23. The van der Waals surface area contributed by atoms with Gasteiger partial charge in [0.25, 0.3) is 0 Å². The molecule has 1 atom stereocenters. The molecule has 0 fully saturated rings. The van der Waals surface area contributed by atoms with Crippen molar-refractivity contribution in [3.63, 3.8) is 0 Å². The standard InChI is InChI=1S/C12H15ClN2S2/c1-3-8(7-17-2)15-11-9(13)5-4-6-10(11)14-12(15)16/h4-6,8H,3,7H2,1-2H3,(H,14,16). The zero-order valence-corrected chi connectivity index (χ0v) is 12.3. The van der Waals surface area contributed by atoms with Gasteiger partial charge in [-0.3, -0.25) is 0 Å². The van der Waals surface area contributed by atoms with Gasteiger partial charge >= 0.3 is 0 Å². The van der Waals surface area contributed by atoms with E-state index in [4.69, 9.17) is 23.8 Å². The van der Waals surface area contributed by atoms with Crippen LogP contribution in [0.3, 0.4) is 0 Å². The number of H-pyrrole nitrogens is 1. The summed E-state index contributed by atoms with van der Waals surface area (Å²) in [6, 6.07) is 6.26. The fourth-order valence-corrected chi connectivity index (χ4v) is 3.44. The highest BCUT2D eigenvalue weighted by molar-refractivity contribution is 7.98. The summed E-state index contributed by atoms with van der Waals surface area (Å²) in [7, 11) is 0. The van der Waals surface area contributed by atoms with Crippen LogP contribution >= 0.6 is 35.6 Å². The van der Waals surface area contributed by atoms with Gasteiger partial charge in [-0.15, -0.1) is 0 Å². The first-order valence-electron chi connectivity index (χ1n) is 5.56. The van der Waals surface area contributed by atoms with E-state index in [-0.39, 0.29) is 0 Å². The van der Waals surface area contributed by atoms with Crippen molar-refractivity contribution in [3.05, 3.63) is 28.0 Å². The minimum absolute atomic E-state index is 0.395. The average molecular weight is 287 g/mol. The molecule has 0 bridgehead atoms. The molecular formula is C12H15ClN2S2. The zero-order chi connectivity index (χ0) is 12.4. The van der Waals surface area contributed by atoms with E-state index >= 15 is 0 Å². The number of halogens is 1. The summed E-state index contributed by atoms with van der Waals surface area (Å²) in [6.07, 6.45) is 3.16. The van der Waals surface area contributed by atoms with Gasteiger partial charge in [0.1, 0.15) is 0 Å². The Morgan fingerprint density at radius 3 is 2.94 bits per heavy atom. The van der Waals surface area contributed by atoms with E-state index < -0.39 is 0 Å². The largest absolute Gasteiger partial charge is 0.331 e. The van der Waals surface area contributed by atoms with E-state index in [1.807, 2.05) is 30.0 Å². The quantitative estimate of drug-likeness (QED) is 0.825. The molecule has 1 unspecified atom stereocenters. The van der Waals surface area contributed by atoms with Crippen molar-refractivity contribution in [2.75, 3.05) is 12.0 Å². The number of hydrogen-bond donors (Lipinski definition) is 1. The molecule has 0 saturated heterocycles.